The van der Waals surface area contributed by atoms with E-state index in [4.69, 9.17) is 14.2 Å². The molecule has 6 nitrogen and oxygen atoms in total. The molecule has 0 radical (unpaired) electrons. The summed E-state index contributed by atoms with van der Waals surface area (Å²) in [6, 6.07) is 5.32. The lowest BCUT2D eigenvalue weighted by Crippen LogP contribution is -2.37. The van der Waals surface area contributed by atoms with E-state index >= 15 is 0 Å². The summed E-state index contributed by atoms with van der Waals surface area (Å²) in [6.07, 6.45) is 2.33. The minimum Gasteiger partial charge on any atom is -0.490 e. The van der Waals surface area contributed by atoms with E-state index in [0.717, 1.165) is 5.56 Å². The van der Waals surface area contributed by atoms with Crippen molar-refractivity contribution in [2.24, 2.45) is 10.8 Å². The highest BCUT2D eigenvalue weighted by molar-refractivity contribution is 6.06. The molecule has 1 aliphatic heterocycles. The molecule has 0 unspecified atom stereocenters. The van der Waals surface area contributed by atoms with Crippen LogP contribution in [0.3, 0.4) is 0 Å². The monoisotopic (exact) mass is 466 g/mol. The summed E-state index contributed by atoms with van der Waals surface area (Å²) < 4.78 is 17.6. The van der Waals surface area contributed by atoms with E-state index in [-0.39, 0.29) is 34.8 Å². The molecule has 0 saturated carbocycles. The molecule has 34 heavy (non-hydrogen) atoms. The van der Waals surface area contributed by atoms with Gasteiger partial charge in [-0.3, -0.25) is 14.4 Å². The second-order valence-electron chi connectivity index (χ2n) is 11.1. The van der Waals surface area contributed by atoms with Crippen LogP contribution in [0.5, 0.6) is 11.5 Å². The van der Waals surface area contributed by atoms with Crippen LogP contribution in [0.1, 0.15) is 85.1 Å². The van der Waals surface area contributed by atoms with E-state index in [9.17, 15) is 14.4 Å². The van der Waals surface area contributed by atoms with Gasteiger partial charge in [-0.05, 0) is 35.4 Å². The second kappa shape index (κ2) is 8.71. The SMILES string of the molecule is CCOc1cc(C2C3=C(CC(C)(C)CC3=O)OC3=C2C(=O)CC(C)(C)C3)ccc1OC(=O)CC. The fourth-order valence-electron chi connectivity index (χ4n) is 5.26. The molecule has 4 rings (SSSR count). The van der Waals surface area contributed by atoms with Gasteiger partial charge in [0.25, 0.3) is 0 Å². The van der Waals surface area contributed by atoms with Crippen LogP contribution < -0.4 is 9.47 Å². The van der Waals surface area contributed by atoms with Gasteiger partial charge in [0.2, 0.25) is 0 Å². The third kappa shape index (κ3) is 4.55. The molecule has 1 heterocycles. The predicted octanol–water partition coefficient (Wildman–Crippen LogP) is 5.80. The normalized spacial score (nSPS) is 21.6. The van der Waals surface area contributed by atoms with Crippen molar-refractivity contribution in [2.45, 2.75) is 79.6 Å². The highest BCUT2D eigenvalue weighted by atomic mass is 16.6. The van der Waals surface area contributed by atoms with E-state index in [0.29, 0.717) is 66.5 Å². The Bertz CT molecular complexity index is 1070. The molecular weight excluding hydrogens is 432 g/mol. The first-order valence-corrected chi connectivity index (χ1v) is 12.1. The maximum absolute atomic E-state index is 13.4. The molecule has 182 valence electrons. The van der Waals surface area contributed by atoms with Crippen LogP contribution in [0.15, 0.2) is 40.9 Å². The number of hydrogen-bond donors (Lipinski definition) is 0. The number of allylic oxidation sites excluding steroid dienone is 4. The minimum absolute atomic E-state index is 0.0138. The quantitative estimate of drug-likeness (QED) is 0.403. The molecule has 6 heteroatoms. The van der Waals surface area contributed by atoms with Crippen molar-refractivity contribution < 1.29 is 28.6 Å². The van der Waals surface area contributed by atoms with Crippen molar-refractivity contribution in [3.8, 4) is 11.5 Å². The fraction of sp³-hybridized carbons (Fsp3) is 0.536. The van der Waals surface area contributed by atoms with Gasteiger partial charge >= 0.3 is 5.97 Å². The summed E-state index contributed by atoms with van der Waals surface area (Å²) in [5.74, 6) is 1.26. The molecule has 0 fully saturated rings. The third-order valence-corrected chi connectivity index (χ3v) is 6.70. The summed E-state index contributed by atoms with van der Waals surface area (Å²) in [7, 11) is 0. The largest absolute Gasteiger partial charge is 0.490 e. The number of carbonyl (C=O) groups is 3. The van der Waals surface area contributed by atoms with Gasteiger partial charge < -0.3 is 14.2 Å². The fourth-order valence-corrected chi connectivity index (χ4v) is 5.26. The topological polar surface area (TPSA) is 78.9 Å². The van der Waals surface area contributed by atoms with Gasteiger partial charge in [-0.15, -0.1) is 0 Å². The predicted molar refractivity (Wildman–Crippen MR) is 127 cm³/mol. The molecule has 0 bridgehead atoms. The van der Waals surface area contributed by atoms with Crippen molar-refractivity contribution in [3.63, 3.8) is 0 Å². The van der Waals surface area contributed by atoms with Gasteiger partial charge in [-0.25, -0.2) is 0 Å². The Kier molecular flexibility index (Phi) is 6.21. The van der Waals surface area contributed by atoms with Crippen LogP contribution in [0.25, 0.3) is 0 Å². The molecule has 2 aliphatic carbocycles. The molecule has 0 saturated heterocycles. The number of Topliss-reactive ketones (excluding diaryl/α,β-unsaturated/α-hetero) is 2. The number of carbonyl (C=O) groups excluding carboxylic acids is 3. The van der Waals surface area contributed by atoms with Crippen LogP contribution in [-0.4, -0.2) is 24.1 Å². The van der Waals surface area contributed by atoms with Crippen molar-refractivity contribution in [3.05, 3.63) is 46.4 Å². The first-order chi connectivity index (χ1) is 15.9. The molecular formula is C28H34O6. The van der Waals surface area contributed by atoms with Crippen molar-refractivity contribution >= 4 is 17.5 Å². The Hall–Kier alpha value is -2.89. The Morgan fingerprint density at radius 3 is 1.97 bits per heavy atom. The zero-order valence-electron chi connectivity index (χ0n) is 21.0. The molecule has 1 aromatic rings. The highest BCUT2D eigenvalue weighted by Crippen LogP contribution is 2.53. The molecule has 0 N–H and O–H groups in total. The van der Waals surface area contributed by atoms with E-state index in [1.165, 1.54) is 0 Å². The van der Waals surface area contributed by atoms with Gasteiger partial charge in [0, 0.05) is 49.2 Å². The van der Waals surface area contributed by atoms with Crippen molar-refractivity contribution in [2.75, 3.05) is 6.61 Å². The molecule has 1 aromatic carbocycles. The summed E-state index contributed by atoms with van der Waals surface area (Å²) in [5, 5.41) is 0. The van der Waals surface area contributed by atoms with E-state index in [1.54, 1.807) is 19.1 Å². The summed E-state index contributed by atoms with van der Waals surface area (Å²) >= 11 is 0. The van der Waals surface area contributed by atoms with Gasteiger partial charge in [0.05, 0.1) is 6.61 Å². The van der Waals surface area contributed by atoms with Crippen molar-refractivity contribution in [1.82, 2.24) is 0 Å². The molecule has 0 atom stereocenters. The van der Waals surface area contributed by atoms with E-state index in [2.05, 4.69) is 27.7 Å². The summed E-state index contributed by atoms with van der Waals surface area (Å²) in [6.45, 7) is 12.2. The Morgan fingerprint density at radius 2 is 1.47 bits per heavy atom. The van der Waals surface area contributed by atoms with Crippen LogP contribution in [0.2, 0.25) is 0 Å². The van der Waals surface area contributed by atoms with Crippen LogP contribution in [0, 0.1) is 10.8 Å². The van der Waals surface area contributed by atoms with Gasteiger partial charge in [-0.2, -0.15) is 0 Å². The maximum atomic E-state index is 13.4. The Labute approximate surface area is 201 Å². The van der Waals surface area contributed by atoms with Gasteiger partial charge in [-0.1, -0.05) is 40.7 Å². The Morgan fingerprint density at radius 1 is 0.912 bits per heavy atom. The molecule has 0 amide bonds. The molecule has 3 aliphatic rings. The lowest BCUT2D eigenvalue weighted by Gasteiger charge is -2.42. The van der Waals surface area contributed by atoms with Crippen LogP contribution >= 0.6 is 0 Å². The zero-order valence-corrected chi connectivity index (χ0v) is 21.0. The Balaban J connectivity index is 1.87. The number of esters is 1. The average molecular weight is 467 g/mol. The second-order valence-corrected chi connectivity index (χ2v) is 11.1. The smallest absolute Gasteiger partial charge is 0.311 e. The highest BCUT2D eigenvalue weighted by Gasteiger charge is 2.47. The average Bonchev–Trinajstić information content (AvgIpc) is 2.71. The number of hydrogen-bond acceptors (Lipinski definition) is 6. The van der Waals surface area contributed by atoms with Gasteiger partial charge in [0.1, 0.15) is 11.5 Å². The van der Waals surface area contributed by atoms with Crippen molar-refractivity contribution in [1.29, 1.82) is 0 Å². The number of ether oxygens (including phenoxy) is 3. The van der Waals surface area contributed by atoms with Crippen LogP contribution in [0.4, 0.5) is 0 Å². The molecule has 0 aromatic heterocycles. The minimum atomic E-state index is -0.513. The van der Waals surface area contributed by atoms with E-state index in [1.807, 2.05) is 13.0 Å². The zero-order chi connectivity index (χ0) is 24.8. The molecule has 0 spiro atoms. The first kappa shape index (κ1) is 24.2. The standard InChI is InChI=1S/C28H34O6/c1-7-23(31)34-19-10-9-16(11-20(19)32-8-2)24-25-17(29)12-27(3,4)14-21(25)33-22-15-28(5,6)13-18(30)26(22)24/h9-11,24H,7-8,12-15H2,1-6H3. The van der Waals surface area contributed by atoms with Gasteiger partial charge in [0.15, 0.2) is 23.1 Å². The third-order valence-electron chi connectivity index (χ3n) is 6.70. The van der Waals surface area contributed by atoms with Crippen LogP contribution in [-0.2, 0) is 19.1 Å². The maximum Gasteiger partial charge on any atom is 0.311 e. The number of benzene rings is 1. The number of rotatable bonds is 5. The summed E-state index contributed by atoms with van der Waals surface area (Å²) in [4.78, 5) is 38.8. The first-order valence-electron chi connectivity index (χ1n) is 12.1. The lowest BCUT2D eigenvalue weighted by molar-refractivity contribution is -0.134. The van der Waals surface area contributed by atoms with E-state index < -0.39 is 5.92 Å². The summed E-state index contributed by atoms with van der Waals surface area (Å²) in [5.41, 5.74) is 1.51. The number of ketones is 2. The lowest BCUT2D eigenvalue weighted by atomic mass is 9.65.